The number of hydrogen-bond acceptors (Lipinski definition) is 3. The quantitative estimate of drug-likeness (QED) is 0.875. The zero-order chi connectivity index (χ0) is 12.5. The van der Waals surface area contributed by atoms with E-state index in [-0.39, 0.29) is 4.90 Å². The van der Waals surface area contributed by atoms with Crippen LogP contribution in [0.25, 0.3) is 10.8 Å². The van der Waals surface area contributed by atoms with Crippen molar-refractivity contribution in [3.63, 3.8) is 0 Å². The van der Waals surface area contributed by atoms with Gasteiger partial charge in [-0.1, -0.05) is 36.4 Å². The van der Waals surface area contributed by atoms with Crippen LogP contribution in [-0.4, -0.2) is 14.4 Å². The van der Waals surface area contributed by atoms with Gasteiger partial charge in [0.25, 0.3) is 10.0 Å². The second-order valence-corrected chi connectivity index (χ2v) is 5.06. The maximum absolute atomic E-state index is 11.8. The molecule has 2 aromatic carbocycles. The molecule has 0 atom stereocenters. The second kappa shape index (κ2) is 4.06. The summed E-state index contributed by atoms with van der Waals surface area (Å²) in [6.07, 6.45) is 0. The third-order valence-corrected chi connectivity index (χ3v) is 3.66. The van der Waals surface area contributed by atoms with Gasteiger partial charge >= 0.3 is 6.03 Å². The van der Waals surface area contributed by atoms with E-state index in [1.54, 1.807) is 41.1 Å². The fourth-order valence-corrected chi connectivity index (χ4v) is 2.69. The molecule has 1 radical (unpaired) electrons. The molecule has 0 saturated heterocycles. The highest BCUT2D eigenvalue weighted by Crippen LogP contribution is 2.22. The summed E-state index contributed by atoms with van der Waals surface area (Å²) in [5, 5.41) is 1.27. The van der Waals surface area contributed by atoms with Crippen LogP contribution in [0.1, 0.15) is 0 Å². The average Bonchev–Trinajstić information content (AvgIpc) is 2.26. The molecular weight excluding hydrogens is 240 g/mol. The van der Waals surface area contributed by atoms with E-state index in [1.807, 2.05) is 0 Å². The first-order valence-electron chi connectivity index (χ1n) is 4.77. The molecule has 0 aromatic heterocycles. The van der Waals surface area contributed by atoms with E-state index < -0.39 is 16.1 Å². The van der Waals surface area contributed by atoms with Crippen molar-refractivity contribution in [2.75, 3.05) is 0 Å². The van der Waals surface area contributed by atoms with Crippen molar-refractivity contribution in [1.29, 1.82) is 0 Å². The maximum atomic E-state index is 11.8. The Labute approximate surface area is 98.3 Å². The molecule has 17 heavy (non-hydrogen) atoms. The third-order valence-electron chi connectivity index (χ3n) is 2.27. The predicted octanol–water partition coefficient (Wildman–Crippen LogP) is 1.52. The molecular formula is C11H9N2O3S. The Kier molecular flexibility index (Phi) is 2.72. The number of carbonyl (C=O) groups excluding carboxylic acids is 1. The fraction of sp³-hybridized carbons (Fsp3) is 0. The average molecular weight is 249 g/mol. The summed E-state index contributed by atoms with van der Waals surface area (Å²) in [5.41, 5.74) is 6.66. The van der Waals surface area contributed by atoms with Gasteiger partial charge in [0.2, 0.25) is 0 Å². The first-order chi connectivity index (χ1) is 8.00. The van der Waals surface area contributed by atoms with Gasteiger partial charge in [-0.3, -0.25) is 0 Å². The van der Waals surface area contributed by atoms with Crippen LogP contribution in [0.2, 0.25) is 0 Å². The lowest BCUT2D eigenvalue weighted by Gasteiger charge is -2.07. The smallest absolute Gasteiger partial charge is 0.247 e. The second-order valence-electron chi connectivity index (χ2n) is 3.41. The van der Waals surface area contributed by atoms with Gasteiger partial charge in [0.1, 0.15) is 0 Å². The lowest BCUT2D eigenvalue weighted by Crippen LogP contribution is -2.30. The minimum absolute atomic E-state index is 0.00352. The first kappa shape index (κ1) is 11.4. The minimum atomic E-state index is -3.97. The maximum Gasteiger partial charge on any atom is 0.347 e. The van der Waals surface area contributed by atoms with Gasteiger partial charge in [0.05, 0.1) is 4.90 Å². The number of carbonyl (C=O) groups is 1. The largest absolute Gasteiger partial charge is 0.347 e. The van der Waals surface area contributed by atoms with Crippen LogP contribution in [0.3, 0.4) is 0 Å². The molecule has 0 heterocycles. The van der Waals surface area contributed by atoms with E-state index in [9.17, 15) is 13.2 Å². The number of amides is 2. The van der Waals surface area contributed by atoms with Gasteiger partial charge in [-0.25, -0.2) is 23.7 Å². The van der Waals surface area contributed by atoms with E-state index in [4.69, 9.17) is 5.73 Å². The molecule has 2 amide bonds. The molecule has 2 N–H and O–H groups in total. The Bertz CT molecular complexity index is 675. The molecule has 0 bridgehead atoms. The van der Waals surface area contributed by atoms with Crippen LogP contribution >= 0.6 is 0 Å². The topological polar surface area (TPSA) is 87.0 Å². The number of hydrogen-bond donors (Lipinski definition) is 1. The number of benzene rings is 2. The van der Waals surface area contributed by atoms with Crippen molar-refractivity contribution < 1.29 is 13.2 Å². The number of urea groups is 1. The number of nitrogens with one attached hydrogen (secondary N) is 2. The summed E-state index contributed by atoms with van der Waals surface area (Å²) >= 11 is 0. The highest BCUT2D eigenvalue weighted by Gasteiger charge is 2.18. The van der Waals surface area contributed by atoms with Gasteiger partial charge < -0.3 is 0 Å². The molecule has 0 spiro atoms. The van der Waals surface area contributed by atoms with Gasteiger partial charge in [0.15, 0.2) is 0 Å². The number of rotatable bonds is 2. The van der Waals surface area contributed by atoms with Crippen LogP contribution in [0, 0.1) is 0 Å². The minimum Gasteiger partial charge on any atom is -0.247 e. The Morgan fingerprint density at radius 3 is 2.41 bits per heavy atom. The molecule has 0 aliphatic carbocycles. The highest BCUT2D eigenvalue weighted by molar-refractivity contribution is 7.90. The van der Waals surface area contributed by atoms with Gasteiger partial charge in [0, 0.05) is 5.39 Å². The number of sulfonamides is 1. The van der Waals surface area contributed by atoms with Crippen molar-refractivity contribution in [2.45, 2.75) is 4.90 Å². The highest BCUT2D eigenvalue weighted by atomic mass is 32.2. The van der Waals surface area contributed by atoms with Crippen LogP contribution in [-0.2, 0) is 10.0 Å². The Balaban J connectivity index is 2.67. The zero-order valence-corrected chi connectivity index (χ0v) is 9.49. The van der Waals surface area contributed by atoms with Crippen molar-refractivity contribution in [1.82, 2.24) is 10.5 Å². The van der Waals surface area contributed by atoms with Crippen LogP contribution < -0.4 is 10.5 Å². The summed E-state index contributed by atoms with van der Waals surface area (Å²) < 4.78 is 25.2. The Morgan fingerprint density at radius 1 is 1.06 bits per heavy atom. The molecule has 0 fully saturated rings. The lowest BCUT2D eigenvalue weighted by atomic mass is 10.1. The summed E-state index contributed by atoms with van der Waals surface area (Å²) in [4.78, 5) is 10.5. The summed E-state index contributed by atoms with van der Waals surface area (Å²) in [6, 6.07) is 10.3. The standard InChI is InChI=1S/C11H9N2O3S/c12-11(14)13-17(15,16)10-7-3-5-8-4-1-2-6-9(8)10/h1-7,12H,(H,13,14). The molecule has 0 aliphatic heterocycles. The Morgan fingerprint density at radius 2 is 1.71 bits per heavy atom. The van der Waals surface area contributed by atoms with E-state index in [0.717, 1.165) is 5.39 Å². The molecule has 0 saturated carbocycles. The third kappa shape index (κ3) is 2.21. The summed E-state index contributed by atoms with van der Waals surface area (Å²) in [6.45, 7) is 0. The number of fused-ring (bicyclic) bond motifs is 1. The molecule has 2 rings (SSSR count). The Hall–Kier alpha value is -2.08. The fourth-order valence-electron chi connectivity index (χ4n) is 1.61. The molecule has 6 heteroatoms. The van der Waals surface area contributed by atoms with Gasteiger partial charge in [-0.05, 0) is 11.5 Å². The van der Waals surface area contributed by atoms with Crippen molar-refractivity contribution in [3.05, 3.63) is 42.5 Å². The normalized spacial score (nSPS) is 11.3. The van der Waals surface area contributed by atoms with Crippen molar-refractivity contribution >= 4 is 26.8 Å². The molecule has 0 aliphatic rings. The first-order valence-corrected chi connectivity index (χ1v) is 6.25. The molecule has 0 unspecified atom stereocenters. The monoisotopic (exact) mass is 249 g/mol. The van der Waals surface area contributed by atoms with Crippen LogP contribution in [0.15, 0.2) is 47.4 Å². The van der Waals surface area contributed by atoms with E-state index in [0.29, 0.717) is 5.39 Å². The lowest BCUT2D eigenvalue weighted by molar-refractivity contribution is 0.252. The van der Waals surface area contributed by atoms with Crippen molar-refractivity contribution in [3.8, 4) is 0 Å². The predicted molar refractivity (Wildman–Crippen MR) is 62.8 cm³/mol. The van der Waals surface area contributed by atoms with Crippen LogP contribution in [0.5, 0.6) is 0 Å². The van der Waals surface area contributed by atoms with E-state index in [2.05, 4.69) is 0 Å². The van der Waals surface area contributed by atoms with E-state index in [1.165, 1.54) is 6.07 Å². The zero-order valence-electron chi connectivity index (χ0n) is 8.67. The summed E-state index contributed by atoms with van der Waals surface area (Å²) in [7, 11) is -3.97. The van der Waals surface area contributed by atoms with Crippen molar-refractivity contribution in [2.24, 2.45) is 0 Å². The van der Waals surface area contributed by atoms with E-state index >= 15 is 0 Å². The molecule has 2 aromatic rings. The van der Waals surface area contributed by atoms with Crippen LogP contribution in [0.4, 0.5) is 4.79 Å². The SMILES string of the molecule is [NH]C(=O)NS(=O)(=O)c1cccc2ccccc12. The van der Waals surface area contributed by atoms with Gasteiger partial charge in [-0.2, -0.15) is 0 Å². The van der Waals surface area contributed by atoms with Gasteiger partial charge in [-0.15, -0.1) is 0 Å². The summed E-state index contributed by atoms with van der Waals surface area (Å²) in [5.74, 6) is 0. The molecule has 87 valence electrons. The molecule has 5 nitrogen and oxygen atoms in total.